The highest BCUT2D eigenvalue weighted by Crippen LogP contribution is 2.38. The molecule has 0 radical (unpaired) electrons. The summed E-state index contributed by atoms with van der Waals surface area (Å²) < 4.78 is 10.5. The Hall–Kier alpha value is -3.09. The van der Waals surface area contributed by atoms with Crippen LogP contribution in [-0.4, -0.2) is 61.4 Å². The third kappa shape index (κ3) is 4.50. The Morgan fingerprint density at radius 1 is 1.00 bits per heavy atom. The molecule has 1 aromatic heterocycles. The molecule has 29 heavy (non-hydrogen) atoms. The molecule has 2 fully saturated rings. The first-order chi connectivity index (χ1) is 14.2. The first-order valence-corrected chi connectivity index (χ1v) is 9.95. The van der Waals surface area contributed by atoms with Gasteiger partial charge in [-0.1, -0.05) is 6.07 Å². The van der Waals surface area contributed by atoms with Crippen LogP contribution >= 0.6 is 0 Å². The predicted molar refractivity (Wildman–Crippen MR) is 111 cm³/mol. The number of piperazine rings is 1. The van der Waals surface area contributed by atoms with Crippen molar-refractivity contribution >= 4 is 17.8 Å². The molecule has 1 aliphatic carbocycles. The number of rotatable bonds is 6. The molecule has 1 aliphatic heterocycles. The fourth-order valence-corrected chi connectivity index (χ4v) is 3.49. The lowest BCUT2D eigenvalue weighted by Crippen LogP contribution is -2.48. The van der Waals surface area contributed by atoms with Gasteiger partial charge < -0.3 is 19.3 Å². The average Bonchev–Trinajstić information content (AvgIpc) is 3.63. The molecule has 0 unspecified atom stereocenters. The van der Waals surface area contributed by atoms with E-state index in [1.54, 1.807) is 26.4 Å². The number of nitrogens with zero attached hydrogens (tertiary/aromatic N) is 4. The molecule has 7 nitrogen and oxygen atoms in total. The molecule has 1 saturated heterocycles. The van der Waals surface area contributed by atoms with Crippen molar-refractivity contribution in [2.45, 2.75) is 18.8 Å². The second-order valence-corrected chi connectivity index (χ2v) is 7.35. The normalized spacial score (nSPS) is 16.9. The van der Waals surface area contributed by atoms with Crippen LogP contribution in [0.15, 0.2) is 36.4 Å². The Kier molecular flexibility index (Phi) is 5.64. The maximum atomic E-state index is 12.6. The number of amides is 1. The standard InChI is InChI=1S/C22H26N4O3/c1-28-19-8-3-16(15-20(19)29-2)4-10-22(27)26-13-11-25(12-14-26)21-9-7-18(23-24-21)17-5-6-17/h3-4,7-10,15,17H,5-6,11-14H2,1-2H3/b10-4+. The molecule has 0 bridgehead atoms. The first kappa shape index (κ1) is 19.2. The van der Waals surface area contributed by atoms with E-state index < -0.39 is 0 Å². The van der Waals surface area contributed by atoms with E-state index in [4.69, 9.17) is 9.47 Å². The average molecular weight is 394 g/mol. The van der Waals surface area contributed by atoms with Gasteiger partial charge >= 0.3 is 0 Å². The fraction of sp³-hybridized carbons (Fsp3) is 0.409. The summed E-state index contributed by atoms with van der Waals surface area (Å²) in [5.74, 6) is 2.82. The van der Waals surface area contributed by atoms with Crippen LogP contribution in [0.2, 0.25) is 0 Å². The molecule has 1 amide bonds. The van der Waals surface area contributed by atoms with E-state index in [0.717, 1.165) is 30.2 Å². The third-order valence-corrected chi connectivity index (χ3v) is 5.41. The Morgan fingerprint density at radius 3 is 2.38 bits per heavy atom. The molecule has 2 heterocycles. The van der Waals surface area contributed by atoms with Gasteiger partial charge in [0.1, 0.15) is 0 Å². The molecule has 2 aliphatic rings. The van der Waals surface area contributed by atoms with Crippen molar-refractivity contribution < 1.29 is 14.3 Å². The summed E-state index contributed by atoms with van der Waals surface area (Å²) in [5, 5.41) is 8.73. The Labute approximate surface area is 170 Å². The van der Waals surface area contributed by atoms with Crippen molar-refractivity contribution in [1.29, 1.82) is 0 Å². The lowest BCUT2D eigenvalue weighted by molar-refractivity contribution is -0.126. The van der Waals surface area contributed by atoms with Gasteiger partial charge in [-0.2, -0.15) is 5.10 Å². The van der Waals surface area contributed by atoms with Crippen LogP contribution in [0.3, 0.4) is 0 Å². The summed E-state index contributed by atoms with van der Waals surface area (Å²) in [6.07, 6.45) is 5.87. The summed E-state index contributed by atoms with van der Waals surface area (Å²) in [6.45, 7) is 2.85. The fourth-order valence-electron chi connectivity index (χ4n) is 3.49. The minimum atomic E-state index is 0.00889. The zero-order valence-electron chi connectivity index (χ0n) is 16.9. The first-order valence-electron chi connectivity index (χ1n) is 9.95. The number of carbonyl (C=O) groups is 1. The van der Waals surface area contributed by atoms with E-state index in [9.17, 15) is 4.79 Å². The van der Waals surface area contributed by atoms with Gasteiger partial charge in [0.25, 0.3) is 0 Å². The van der Waals surface area contributed by atoms with Gasteiger partial charge in [0.2, 0.25) is 5.91 Å². The van der Waals surface area contributed by atoms with E-state index in [1.165, 1.54) is 12.8 Å². The van der Waals surface area contributed by atoms with Gasteiger partial charge in [-0.05, 0) is 48.7 Å². The van der Waals surface area contributed by atoms with Crippen LogP contribution in [0.5, 0.6) is 11.5 Å². The molecule has 152 valence electrons. The van der Waals surface area contributed by atoms with E-state index in [0.29, 0.717) is 30.5 Å². The lowest BCUT2D eigenvalue weighted by atomic mass is 10.2. The Morgan fingerprint density at radius 2 is 1.76 bits per heavy atom. The van der Waals surface area contributed by atoms with Crippen LogP contribution in [0.1, 0.15) is 30.0 Å². The number of ether oxygens (including phenoxy) is 2. The van der Waals surface area contributed by atoms with Crippen LogP contribution in [0.4, 0.5) is 5.82 Å². The van der Waals surface area contributed by atoms with Crippen LogP contribution in [0.25, 0.3) is 6.08 Å². The van der Waals surface area contributed by atoms with E-state index >= 15 is 0 Å². The van der Waals surface area contributed by atoms with Crippen molar-refractivity contribution in [2.75, 3.05) is 45.3 Å². The van der Waals surface area contributed by atoms with Crippen molar-refractivity contribution in [3.05, 3.63) is 47.7 Å². The molecular formula is C22H26N4O3. The molecule has 4 rings (SSSR count). The largest absolute Gasteiger partial charge is 0.493 e. The van der Waals surface area contributed by atoms with E-state index in [1.807, 2.05) is 23.1 Å². The van der Waals surface area contributed by atoms with Gasteiger partial charge in [0.15, 0.2) is 17.3 Å². The maximum absolute atomic E-state index is 12.6. The topological polar surface area (TPSA) is 67.8 Å². The molecule has 1 saturated carbocycles. The van der Waals surface area contributed by atoms with Crippen molar-refractivity contribution in [1.82, 2.24) is 15.1 Å². The van der Waals surface area contributed by atoms with Crippen molar-refractivity contribution in [3.8, 4) is 11.5 Å². The predicted octanol–water partition coefficient (Wildman–Crippen LogP) is 2.73. The van der Waals surface area contributed by atoms with Gasteiger partial charge in [-0.15, -0.1) is 5.10 Å². The summed E-state index contributed by atoms with van der Waals surface area (Å²) in [7, 11) is 3.20. The zero-order valence-corrected chi connectivity index (χ0v) is 16.9. The number of methoxy groups -OCH3 is 2. The van der Waals surface area contributed by atoms with Crippen molar-refractivity contribution in [2.24, 2.45) is 0 Å². The molecular weight excluding hydrogens is 368 g/mol. The van der Waals surface area contributed by atoms with Crippen LogP contribution in [-0.2, 0) is 4.79 Å². The quantitative estimate of drug-likeness (QED) is 0.702. The van der Waals surface area contributed by atoms with Crippen LogP contribution in [0, 0.1) is 0 Å². The highest BCUT2D eigenvalue weighted by molar-refractivity contribution is 5.92. The van der Waals surface area contributed by atoms with E-state index in [-0.39, 0.29) is 5.91 Å². The number of hydrogen-bond acceptors (Lipinski definition) is 6. The Balaban J connectivity index is 1.32. The number of benzene rings is 1. The summed E-state index contributed by atoms with van der Waals surface area (Å²) >= 11 is 0. The van der Waals surface area contributed by atoms with Gasteiger partial charge in [0.05, 0.1) is 19.9 Å². The number of anilines is 1. The van der Waals surface area contributed by atoms with Crippen LogP contribution < -0.4 is 14.4 Å². The summed E-state index contributed by atoms with van der Waals surface area (Å²) in [5.41, 5.74) is 1.99. The van der Waals surface area contributed by atoms with Gasteiger partial charge in [-0.25, -0.2) is 0 Å². The zero-order chi connectivity index (χ0) is 20.2. The minimum absolute atomic E-state index is 0.00889. The molecule has 2 aromatic rings. The smallest absolute Gasteiger partial charge is 0.246 e. The Bertz CT molecular complexity index is 885. The van der Waals surface area contributed by atoms with Gasteiger partial charge in [-0.3, -0.25) is 4.79 Å². The highest BCUT2D eigenvalue weighted by Gasteiger charge is 2.26. The summed E-state index contributed by atoms with van der Waals surface area (Å²) in [4.78, 5) is 16.6. The number of carbonyl (C=O) groups excluding carboxylic acids is 1. The second kappa shape index (κ2) is 8.51. The monoisotopic (exact) mass is 394 g/mol. The lowest BCUT2D eigenvalue weighted by Gasteiger charge is -2.34. The third-order valence-electron chi connectivity index (χ3n) is 5.41. The molecule has 0 spiro atoms. The molecule has 7 heteroatoms. The second-order valence-electron chi connectivity index (χ2n) is 7.35. The van der Waals surface area contributed by atoms with Crippen molar-refractivity contribution in [3.63, 3.8) is 0 Å². The molecule has 1 aromatic carbocycles. The summed E-state index contributed by atoms with van der Waals surface area (Å²) in [6, 6.07) is 9.72. The molecule has 0 N–H and O–H groups in total. The maximum Gasteiger partial charge on any atom is 0.246 e. The number of aromatic nitrogens is 2. The SMILES string of the molecule is COc1ccc(/C=C/C(=O)N2CCN(c3ccc(C4CC4)nn3)CC2)cc1OC. The highest BCUT2D eigenvalue weighted by atomic mass is 16.5. The number of hydrogen-bond donors (Lipinski definition) is 0. The minimum Gasteiger partial charge on any atom is -0.493 e. The van der Waals surface area contributed by atoms with Gasteiger partial charge in [0, 0.05) is 38.2 Å². The molecule has 0 atom stereocenters. The van der Waals surface area contributed by atoms with E-state index in [2.05, 4.69) is 27.2 Å².